The zero-order valence-corrected chi connectivity index (χ0v) is 11.5. The molecule has 18 heavy (non-hydrogen) atoms. The minimum Gasteiger partial charge on any atom is -0.468 e. The molecule has 0 spiro atoms. The molecule has 0 N–H and O–H groups in total. The number of Topliss-reactive ketones (excluding diaryl/α,β-unsaturated/α-hetero) is 1. The van der Waals surface area contributed by atoms with Crippen molar-refractivity contribution in [1.82, 2.24) is 0 Å². The topological polar surface area (TPSA) is 43.4 Å². The molecule has 0 aromatic heterocycles. The molecule has 0 aliphatic rings. The molecule has 0 aliphatic carbocycles. The van der Waals surface area contributed by atoms with Crippen LogP contribution in [0.3, 0.4) is 0 Å². The van der Waals surface area contributed by atoms with E-state index in [0.29, 0.717) is 11.5 Å². The number of ketones is 1. The van der Waals surface area contributed by atoms with Crippen molar-refractivity contribution in [3.05, 3.63) is 35.4 Å². The van der Waals surface area contributed by atoms with E-state index in [-0.39, 0.29) is 0 Å². The number of halogens is 1. The summed E-state index contributed by atoms with van der Waals surface area (Å²) in [6, 6.07) is 7.18. The Morgan fingerprint density at radius 1 is 1.28 bits per heavy atom. The molecular weight excluding hydrogens is 252 g/mol. The van der Waals surface area contributed by atoms with E-state index in [2.05, 4.69) is 18.6 Å². The molecule has 1 aromatic carbocycles. The van der Waals surface area contributed by atoms with Gasteiger partial charge in [-0.2, -0.15) is 0 Å². The Bertz CT molecular complexity index is 425. The molecule has 98 valence electrons. The van der Waals surface area contributed by atoms with E-state index in [4.69, 9.17) is 11.6 Å². The molecule has 0 heterocycles. The number of methoxy groups -OCH3 is 1. The van der Waals surface area contributed by atoms with Gasteiger partial charge in [-0.3, -0.25) is 4.79 Å². The number of hydrogen-bond acceptors (Lipinski definition) is 3. The maximum absolute atomic E-state index is 11.9. The fraction of sp³-hybridized carbons (Fsp3) is 0.429. The van der Waals surface area contributed by atoms with Crippen LogP contribution in [-0.2, 0) is 9.53 Å². The van der Waals surface area contributed by atoms with Crippen LogP contribution in [0.1, 0.15) is 42.1 Å². The largest absolute Gasteiger partial charge is 0.468 e. The predicted molar refractivity (Wildman–Crippen MR) is 71.1 cm³/mol. The summed E-state index contributed by atoms with van der Waals surface area (Å²) in [5.41, 5.74) is 1.59. The Balaban J connectivity index is 2.85. The number of carbonyl (C=O) groups excluding carboxylic acids is 2. The van der Waals surface area contributed by atoms with Gasteiger partial charge in [0.25, 0.3) is 0 Å². The maximum atomic E-state index is 11.9. The number of rotatable bonds is 5. The van der Waals surface area contributed by atoms with E-state index in [0.717, 1.165) is 6.42 Å². The van der Waals surface area contributed by atoms with E-state index in [1.54, 1.807) is 12.1 Å². The third-order valence-corrected chi connectivity index (χ3v) is 3.39. The fourth-order valence-electron chi connectivity index (χ4n) is 1.57. The molecule has 0 aliphatic heterocycles. The number of benzene rings is 1. The first-order chi connectivity index (χ1) is 8.51. The Morgan fingerprint density at radius 3 is 2.28 bits per heavy atom. The second kappa shape index (κ2) is 6.55. The number of esters is 1. The van der Waals surface area contributed by atoms with Crippen LogP contribution in [0.2, 0.25) is 0 Å². The molecule has 0 bridgehead atoms. The lowest BCUT2D eigenvalue weighted by Crippen LogP contribution is -2.25. The molecule has 0 amide bonds. The summed E-state index contributed by atoms with van der Waals surface area (Å²) in [7, 11) is 1.21. The molecule has 0 saturated heterocycles. The smallest absolute Gasteiger partial charge is 0.331 e. The predicted octanol–water partition coefficient (Wildman–Crippen LogP) is 3.16. The molecule has 4 heteroatoms. The first kappa shape index (κ1) is 14.7. The van der Waals surface area contributed by atoms with Crippen LogP contribution in [0.15, 0.2) is 24.3 Å². The van der Waals surface area contributed by atoms with Gasteiger partial charge >= 0.3 is 5.97 Å². The van der Waals surface area contributed by atoms with Crippen molar-refractivity contribution in [2.24, 2.45) is 0 Å². The van der Waals surface area contributed by atoms with E-state index >= 15 is 0 Å². The molecule has 0 fully saturated rings. The van der Waals surface area contributed by atoms with Crippen LogP contribution in [0.4, 0.5) is 0 Å². The zero-order chi connectivity index (χ0) is 13.7. The van der Waals surface area contributed by atoms with Gasteiger partial charge < -0.3 is 4.74 Å². The molecule has 0 radical (unpaired) electrons. The molecule has 1 aromatic rings. The monoisotopic (exact) mass is 268 g/mol. The van der Waals surface area contributed by atoms with Crippen molar-refractivity contribution >= 4 is 23.4 Å². The molecule has 2 atom stereocenters. The van der Waals surface area contributed by atoms with Gasteiger partial charge in [-0.1, -0.05) is 38.1 Å². The van der Waals surface area contributed by atoms with Crippen LogP contribution in [-0.4, -0.2) is 24.2 Å². The third-order valence-electron chi connectivity index (χ3n) is 3.01. The van der Waals surface area contributed by atoms with Crippen molar-refractivity contribution in [2.75, 3.05) is 7.11 Å². The van der Waals surface area contributed by atoms with Crippen LogP contribution in [0.5, 0.6) is 0 Å². The van der Waals surface area contributed by atoms with Gasteiger partial charge in [0, 0.05) is 5.56 Å². The van der Waals surface area contributed by atoms with Crippen molar-refractivity contribution in [2.45, 2.75) is 31.6 Å². The first-order valence-corrected chi connectivity index (χ1v) is 6.31. The number of alkyl halides is 1. The van der Waals surface area contributed by atoms with Crippen LogP contribution < -0.4 is 0 Å². The SMILES string of the molecule is CCC(C)c1ccc(C(=O)C(Cl)C(=O)OC)cc1. The summed E-state index contributed by atoms with van der Waals surface area (Å²) in [5.74, 6) is -0.714. The maximum Gasteiger partial charge on any atom is 0.331 e. The normalized spacial score (nSPS) is 13.8. The molecule has 2 unspecified atom stereocenters. The number of carbonyl (C=O) groups is 2. The summed E-state index contributed by atoms with van der Waals surface area (Å²) in [6.07, 6.45) is 1.04. The quantitative estimate of drug-likeness (QED) is 0.357. The van der Waals surface area contributed by atoms with E-state index in [1.165, 1.54) is 12.7 Å². The van der Waals surface area contributed by atoms with Crippen molar-refractivity contribution in [3.8, 4) is 0 Å². The summed E-state index contributed by atoms with van der Waals surface area (Å²) in [4.78, 5) is 23.0. The highest BCUT2D eigenvalue weighted by molar-refractivity contribution is 6.43. The van der Waals surface area contributed by atoms with Crippen LogP contribution >= 0.6 is 11.6 Å². The molecule has 1 rings (SSSR count). The Labute approximate surface area is 112 Å². The van der Waals surface area contributed by atoms with Gasteiger partial charge in [0.15, 0.2) is 11.2 Å². The lowest BCUT2D eigenvalue weighted by molar-refractivity contribution is -0.139. The molecule has 0 saturated carbocycles. The highest BCUT2D eigenvalue weighted by atomic mass is 35.5. The summed E-state index contributed by atoms with van der Waals surface area (Å²) < 4.78 is 4.44. The lowest BCUT2D eigenvalue weighted by atomic mass is 9.96. The molecule has 3 nitrogen and oxygen atoms in total. The van der Waals surface area contributed by atoms with Crippen molar-refractivity contribution in [3.63, 3.8) is 0 Å². The Morgan fingerprint density at radius 2 is 1.83 bits per heavy atom. The van der Waals surface area contributed by atoms with E-state index < -0.39 is 17.1 Å². The average Bonchev–Trinajstić information content (AvgIpc) is 2.44. The highest BCUT2D eigenvalue weighted by Gasteiger charge is 2.25. The van der Waals surface area contributed by atoms with Crippen LogP contribution in [0.25, 0.3) is 0 Å². The van der Waals surface area contributed by atoms with Gasteiger partial charge in [-0.25, -0.2) is 4.79 Å². The van der Waals surface area contributed by atoms with Gasteiger partial charge in [-0.05, 0) is 17.9 Å². The van der Waals surface area contributed by atoms with Gasteiger partial charge in [-0.15, -0.1) is 11.6 Å². The minimum absolute atomic E-state index is 0.424. The Kier molecular flexibility index (Phi) is 5.35. The number of hydrogen-bond donors (Lipinski definition) is 0. The van der Waals surface area contributed by atoms with Crippen molar-refractivity contribution < 1.29 is 14.3 Å². The van der Waals surface area contributed by atoms with E-state index in [9.17, 15) is 9.59 Å². The minimum atomic E-state index is -1.27. The average molecular weight is 269 g/mol. The van der Waals surface area contributed by atoms with Gasteiger partial charge in [0.1, 0.15) is 0 Å². The van der Waals surface area contributed by atoms with E-state index in [1.807, 2.05) is 12.1 Å². The van der Waals surface area contributed by atoms with Crippen LogP contribution in [0, 0.1) is 0 Å². The second-order valence-corrected chi connectivity index (χ2v) is 4.62. The second-order valence-electron chi connectivity index (χ2n) is 4.18. The van der Waals surface area contributed by atoms with Gasteiger partial charge in [0.2, 0.25) is 0 Å². The molecular formula is C14H17ClO3. The Hall–Kier alpha value is -1.35. The summed E-state index contributed by atoms with van der Waals surface area (Å²) in [5, 5.41) is -1.27. The zero-order valence-electron chi connectivity index (χ0n) is 10.8. The van der Waals surface area contributed by atoms with Gasteiger partial charge in [0.05, 0.1) is 7.11 Å². The number of ether oxygens (including phenoxy) is 1. The van der Waals surface area contributed by atoms with Crippen molar-refractivity contribution in [1.29, 1.82) is 0 Å². The lowest BCUT2D eigenvalue weighted by Gasteiger charge is -2.10. The standard InChI is InChI=1S/C14H17ClO3/c1-4-9(2)10-5-7-11(8-6-10)13(16)12(15)14(17)18-3/h5-9,12H,4H2,1-3H3. The first-order valence-electron chi connectivity index (χ1n) is 5.87. The third kappa shape index (κ3) is 3.33. The summed E-state index contributed by atoms with van der Waals surface area (Å²) in [6.45, 7) is 4.23. The summed E-state index contributed by atoms with van der Waals surface area (Å²) >= 11 is 5.72. The highest BCUT2D eigenvalue weighted by Crippen LogP contribution is 2.20. The fourth-order valence-corrected chi connectivity index (χ4v) is 1.78.